The first-order valence-corrected chi connectivity index (χ1v) is 5.66. The van der Waals surface area contributed by atoms with Gasteiger partial charge >= 0.3 is 5.97 Å². The molecule has 4 heteroatoms. The molecule has 0 radical (unpaired) electrons. The first kappa shape index (κ1) is 12.1. The number of hydrogen-bond donors (Lipinski definition) is 0. The standard InChI is InChI=1S/C13H16O4/c1-15-12(14)8-10-3-2-4-11(7-10)9-13-16-5-6-17-13/h2-4,7,13H,5-6,8-9H2,1H3. The van der Waals surface area contributed by atoms with Crippen LogP contribution in [0.5, 0.6) is 0 Å². The highest BCUT2D eigenvalue weighted by atomic mass is 16.7. The molecule has 4 nitrogen and oxygen atoms in total. The Hall–Kier alpha value is -1.39. The minimum Gasteiger partial charge on any atom is -0.469 e. The van der Waals surface area contributed by atoms with E-state index in [-0.39, 0.29) is 12.3 Å². The Balaban J connectivity index is 1.97. The summed E-state index contributed by atoms with van der Waals surface area (Å²) < 4.78 is 15.4. The van der Waals surface area contributed by atoms with Gasteiger partial charge in [0.1, 0.15) is 0 Å². The van der Waals surface area contributed by atoms with Crippen LogP contribution in [0.15, 0.2) is 24.3 Å². The van der Waals surface area contributed by atoms with Gasteiger partial charge in [-0.3, -0.25) is 4.79 Å². The molecular formula is C13H16O4. The molecule has 0 N–H and O–H groups in total. The van der Waals surface area contributed by atoms with Crippen molar-refractivity contribution >= 4 is 5.97 Å². The Kier molecular flexibility index (Phi) is 4.12. The molecule has 1 aromatic rings. The lowest BCUT2D eigenvalue weighted by Crippen LogP contribution is -2.11. The molecule has 0 aliphatic carbocycles. The van der Waals surface area contributed by atoms with E-state index < -0.39 is 0 Å². The third-order valence-corrected chi connectivity index (χ3v) is 2.66. The number of carbonyl (C=O) groups is 1. The van der Waals surface area contributed by atoms with E-state index in [4.69, 9.17) is 9.47 Å². The van der Waals surface area contributed by atoms with Gasteiger partial charge in [0, 0.05) is 6.42 Å². The van der Waals surface area contributed by atoms with Gasteiger partial charge in [0.2, 0.25) is 0 Å². The Labute approximate surface area is 100 Å². The van der Waals surface area contributed by atoms with Crippen LogP contribution in [0.1, 0.15) is 11.1 Å². The maximum Gasteiger partial charge on any atom is 0.309 e. The predicted molar refractivity (Wildman–Crippen MR) is 61.6 cm³/mol. The van der Waals surface area contributed by atoms with Crippen LogP contribution in [0.2, 0.25) is 0 Å². The molecule has 1 aliphatic rings. The lowest BCUT2D eigenvalue weighted by molar-refractivity contribution is -0.139. The maximum absolute atomic E-state index is 11.2. The van der Waals surface area contributed by atoms with Crippen molar-refractivity contribution in [2.24, 2.45) is 0 Å². The van der Waals surface area contributed by atoms with Crippen LogP contribution in [0.25, 0.3) is 0 Å². The van der Waals surface area contributed by atoms with E-state index in [9.17, 15) is 4.79 Å². The number of rotatable bonds is 4. The van der Waals surface area contributed by atoms with E-state index in [1.165, 1.54) is 7.11 Å². The van der Waals surface area contributed by atoms with E-state index in [0.717, 1.165) is 17.5 Å². The smallest absolute Gasteiger partial charge is 0.309 e. The van der Waals surface area contributed by atoms with Gasteiger partial charge in [-0.1, -0.05) is 24.3 Å². The molecule has 92 valence electrons. The second kappa shape index (κ2) is 5.80. The van der Waals surface area contributed by atoms with Gasteiger partial charge in [-0.25, -0.2) is 0 Å². The molecule has 1 aliphatic heterocycles. The molecule has 0 spiro atoms. The molecule has 0 bridgehead atoms. The van der Waals surface area contributed by atoms with Gasteiger partial charge < -0.3 is 14.2 Å². The van der Waals surface area contributed by atoms with Gasteiger partial charge in [-0.2, -0.15) is 0 Å². The van der Waals surface area contributed by atoms with Crippen LogP contribution in [-0.2, 0) is 31.8 Å². The summed E-state index contributed by atoms with van der Waals surface area (Å²) in [6.07, 6.45) is 0.870. The zero-order valence-electron chi connectivity index (χ0n) is 9.85. The summed E-state index contributed by atoms with van der Waals surface area (Å²) in [5.41, 5.74) is 2.06. The fourth-order valence-corrected chi connectivity index (χ4v) is 1.82. The summed E-state index contributed by atoms with van der Waals surface area (Å²) >= 11 is 0. The normalized spacial score (nSPS) is 16.1. The van der Waals surface area contributed by atoms with Crippen LogP contribution >= 0.6 is 0 Å². The summed E-state index contributed by atoms with van der Waals surface area (Å²) in [6, 6.07) is 7.84. The highest BCUT2D eigenvalue weighted by molar-refractivity contribution is 5.72. The SMILES string of the molecule is COC(=O)Cc1cccc(CC2OCCO2)c1. The topological polar surface area (TPSA) is 44.8 Å². The van der Waals surface area contributed by atoms with Gasteiger partial charge in [0.05, 0.1) is 26.7 Å². The Morgan fingerprint density at radius 3 is 2.76 bits per heavy atom. The van der Waals surface area contributed by atoms with Gasteiger partial charge in [0.25, 0.3) is 0 Å². The van der Waals surface area contributed by atoms with Crippen molar-refractivity contribution in [1.82, 2.24) is 0 Å². The zero-order valence-corrected chi connectivity index (χ0v) is 9.85. The summed E-state index contributed by atoms with van der Waals surface area (Å²) in [6.45, 7) is 1.32. The van der Waals surface area contributed by atoms with Crippen LogP contribution < -0.4 is 0 Å². The molecule has 1 heterocycles. The maximum atomic E-state index is 11.2. The van der Waals surface area contributed by atoms with E-state index in [2.05, 4.69) is 4.74 Å². The van der Waals surface area contributed by atoms with Crippen LogP contribution in [-0.4, -0.2) is 32.6 Å². The minimum absolute atomic E-state index is 0.150. The second-order valence-electron chi connectivity index (χ2n) is 3.95. The Morgan fingerprint density at radius 2 is 2.06 bits per heavy atom. The Bertz CT molecular complexity index is 383. The van der Waals surface area contributed by atoms with Crippen molar-refractivity contribution in [3.8, 4) is 0 Å². The van der Waals surface area contributed by atoms with Crippen molar-refractivity contribution in [2.45, 2.75) is 19.1 Å². The average molecular weight is 236 g/mol. The molecule has 0 unspecified atom stereocenters. The fraction of sp³-hybridized carbons (Fsp3) is 0.462. The first-order valence-electron chi connectivity index (χ1n) is 5.66. The summed E-state index contributed by atoms with van der Waals surface area (Å²) in [7, 11) is 1.40. The molecule has 1 aromatic carbocycles. The van der Waals surface area contributed by atoms with E-state index >= 15 is 0 Å². The second-order valence-corrected chi connectivity index (χ2v) is 3.95. The monoisotopic (exact) mass is 236 g/mol. The number of ether oxygens (including phenoxy) is 3. The lowest BCUT2D eigenvalue weighted by atomic mass is 10.1. The van der Waals surface area contributed by atoms with Crippen molar-refractivity contribution in [3.05, 3.63) is 35.4 Å². The quantitative estimate of drug-likeness (QED) is 0.739. The molecule has 0 saturated carbocycles. The van der Waals surface area contributed by atoms with Gasteiger partial charge in [-0.15, -0.1) is 0 Å². The molecular weight excluding hydrogens is 220 g/mol. The number of hydrogen-bond acceptors (Lipinski definition) is 4. The largest absolute Gasteiger partial charge is 0.469 e. The summed E-state index contributed by atoms with van der Waals surface area (Å²) in [4.78, 5) is 11.2. The van der Waals surface area contributed by atoms with E-state index in [1.54, 1.807) is 0 Å². The number of esters is 1. The van der Waals surface area contributed by atoms with Gasteiger partial charge in [0.15, 0.2) is 6.29 Å². The number of benzene rings is 1. The summed E-state index contributed by atoms with van der Waals surface area (Å²) in [5, 5.41) is 0. The molecule has 1 saturated heterocycles. The van der Waals surface area contributed by atoms with Crippen molar-refractivity contribution < 1.29 is 19.0 Å². The minimum atomic E-state index is -0.226. The first-order chi connectivity index (χ1) is 8.28. The molecule has 1 fully saturated rings. The number of methoxy groups -OCH3 is 1. The molecule has 0 atom stereocenters. The van der Waals surface area contributed by atoms with E-state index in [1.807, 2.05) is 24.3 Å². The highest BCUT2D eigenvalue weighted by Gasteiger charge is 2.16. The van der Waals surface area contributed by atoms with Crippen LogP contribution in [0.4, 0.5) is 0 Å². The van der Waals surface area contributed by atoms with Crippen molar-refractivity contribution in [1.29, 1.82) is 0 Å². The molecule has 0 amide bonds. The molecule has 2 rings (SSSR count). The van der Waals surface area contributed by atoms with Gasteiger partial charge in [-0.05, 0) is 11.1 Å². The molecule has 0 aromatic heterocycles. The summed E-state index contributed by atoms with van der Waals surface area (Å²) in [5.74, 6) is -0.226. The zero-order chi connectivity index (χ0) is 12.1. The van der Waals surface area contributed by atoms with Crippen molar-refractivity contribution in [3.63, 3.8) is 0 Å². The predicted octanol–water partition coefficient (Wildman–Crippen LogP) is 1.32. The third-order valence-electron chi connectivity index (χ3n) is 2.66. The third kappa shape index (κ3) is 3.54. The molecule has 17 heavy (non-hydrogen) atoms. The van der Waals surface area contributed by atoms with Crippen LogP contribution in [0.3, 0.4) is 0 Å². The average Bonchev–Trinajstić information content (AvgIpc) is 2.82. The number of carbonyl (C=O) groups excluding carboxylic acids is 1. The lowest BCUT2D eigenvalue weighted by Gasteiger charge is -2.09. The Morgan fingerprint density at radius 1 is 1.35 bits per heavy atom. The van der Waals surface area contributed by atoms with E-state index in [0.29, 0.717) is 19.6 Å². The van der Waals surface area contributed by atoms with Crippen molar-refractivity contribution in [2.75, 3.05) is 20.3 Å². The van der Waals surface area contributed by atoms with Crippen LogP contribution in [0, 0.1) is 0 Å². The fourth-order valence-electron chi connectivity index (χ4n) is 1.82. The highest BCUT2D eigenvalue weighted by Crippen LogP contribution is 2.13.